The van der Waals surface area contributed by atoms with Crippen molar-refractivity contribution in [2.45, 2.75) is 16.2 Å². The molecule has 2 aromatic rings. The fourth-order valence-electron chi connectivity index (χ4n) is 3.10. The number of halogens is 1. The third-order valence-electron chi connectivity index (χ3n) is 4.29. The number of fused-ring (bicyclic) bond motifs is 1. The summed E-state index contributed by atoms with van der Waals surface area (Å²) in [7, 11) is -2.50. The molecule has 0 spiro atoms. The maximum atomic E-state index is 12.0. The number of primary sulfonamides is 1. The van der Waals surface area contributed by atoms with E-state index in [1.165, 1.54) is 7.11 Å². The lowest BCUT2D eigenvalue weighted by molar-refractivity contribution is 0.401. The molecular weight excluding hydrogens is 348 g/mol. The molecule has 0 radical (unpaired) electrons. The van der Waals surface area contributed by atoms with Crippen molar-refractivity contribution in [3.05, 3.63) is 59.2 Å². The number of rotatable bonds is 3. The third-order valence-corrected chi connectivity index (χ3v) is 5.78. The highest BCUT2D eigenvalue weighted by Gasteiger charge is 2.37. The lowest BCUT2D eigenvalue weighted by Gasteiger charge is -2.29. The Morgan fingerprint density at radius 3 is 2.58 bits per heavy atom. The lowest BCUT2D eigenvalue weighted by Crippen LogP contribution is -2.33. The van der Waals surface area contributed by atoms with Crippen LogP contribution < -0.4 is 15.2 Å². The van der Waals surface area contributed by atoms with E-state index < -0.39 is 14.9 Å². The first kappa shape index (κ1) is 17.2. The van der Waals surface area contributed by atoms with Crippen molar-refractivity contribution in [3.63, 3.8) is 0 Å². The largest absolute Gasteiger partial charge is 0.495 e. The van der Waals surface area contributed by atoms with E-state index in [1.54, 1.807) is 12.1 Å². The van der Waals surface area contributed by atoms with Gasteiger partial charge in [0, 0.05) is 6.54 Å². The highest BCUT2D eigenvalue weighted by Crippen LogP contribution is 2.42. The van der Waals surface area contributed by atoms with Crippen molar-refractivity contribution in [2.24, 2.45) is 5.14 Å². The van der Waals surface area contributed by atoms with Gasteiger partial charge < -0.3 is 10.1 Å². The smallest absolute Gasteiger partial charge is 0.241 e. The minimum atomic E-state index is -3.93. The molecule has 24 heavy (non-hydrogen) atoms. The van der Waals surface area contributed by atoms with Crippen LogP contribution in [0.25, 0.3) is 0 Å². The van der Waals surface area contributed by atoms with Crippen LogP contribution in [-0.2, 0) is 21.3 Å². The summed E-state index contributed by atoms with van der Waals surface area (Å²) < 4.78 is 29.2. The molecule has 0 saturated heterocycles. The highest BCUT2D eigenvalue weighted by molar-refractivity contribution is 7.89. The van der Waals surface area contributed by atoms with Gasteiger partial charge in [0.15, 0.2) is 0 Å². The average Bonchev–Trinajstić information content (AvgIpc) is 2.73. The number of hydrogen-bond acceptors (Lipinski definition) is 4. The normalized spacial score (nSPS) is 21.0. The molecular formula is C17H19ClN2O3S. The summed E-state index contributed by atoms with van der Waals surface area (Å²) >= 11 is 7.01. The number of sulfonamides is 1. The molecule has 5 nitrogen and oxygen atoms in total. The molecule has 3 N–H and O–H groups in total. The molecule has 2 aromatic carbocycles. The minimum absolute atomic E-state index is 0.0494. The van der Waals surface area contributed by atoms with E-state index in [4.69, 9.17) is 21.5 Å². The van der Waals surface area contributed by atoms with Crippen LogP contribution in [0.4, 0.5) is 0 Å². The van der Waals surface area contributed by atoms with E-state index in [0.717, 1.165) is 29.7 Å². The van der Waals surface area contributed by atoms with Crippen molar-refractivity contribution in [3.8, 4) is 5.75 Å². The van der Waals surface area contributed by atoms with E-state index in [9.17, 15) is 8.42 Å². The molecule has 0 amide bonds. The van der Waals surface area contributed by atoms with Crippen LogP contribution in [0, 0.1) is 0 Å². The topological polar surface area (TPSA) is 81.4 Å². The van der Waals surface area contributed by atoms with E-state index >= 15 is 0 Å². The van der Waals surface area contributed by atoms with Crippen LogP contribution >= 0.6 is 11.6 Å². The standard InChI is InChI=1S/C17H19ClN2O3S/c1-23-15-9-12-7-8-20-11-17(18,13-5-3-2-4-6-13)14(12)10-16(15)24(19,21)22/h2-6,9-10,20H,7-8,11H2,1H3,(H2,19,21,22). The number of methoxy groups -OCH3 is 1. The van der Waals surface area contributed by atoms with Crippen LogP contribution in [0.15, 0.2) is 47.4 Å². The zero-order valence-electron chi connectivity index (χ0n) is 13.3. The predicted octanol–water partition coefficient (Wildman–Crippen LogP) is 1.97. The van der Waals surface area contributed by atoms with Crippen LogP contribution in [0.2, 0.25) is 0 Å². The van der Waals surface area contributed by atoms with E-state index in [1.807, 2.05) is 30.3 Å². The van der Waals surface area contributed by atoms with Gasteiger partial charge in [0.2, 0.25) is 10.0 Å². The summed E-state index contributed by atoms with van der Waals surface area (Å²) in [4.78, 5) is -0.926. The van der Waals surface area contributed by atoms with Gasteiger partial charge in [-0.2, -0.15) is 0 Å². The molecule has 0 saturated carbocycles. The Kier molecular flexibility index (Phi) is 4.57. The predicted molar refractivity (Wildman–Crippen MR) is 94.0 cm³/mol. The summed E-state index contributed by atoms with van der Waals surface area (Å²) in [6.07, 6.45) is 0.720. The molecule has 0 aromatic heterocycles. The second-order valence-electron chi connectivity index (χ2n) is 5.80. The van der Waals surface area contributed by atoms with E-state index in [0.29, 0.717) is 6.54 Å². The molecule has 1 unspecified atom stereocenters. The number of nitrogens with one attached hydrogen (secondary N) is 1. The van der Waals surface area contributed by atoms with Crippen LogP contribution in [0.1, 0.15) is 16.7 Å². The molecule has 1 heterocycles. The molecule has 0 aliphatic carbocycles. The highest BCUT2D eigenvalue weighted by atomic mass is 35.5. The number of hydrogen-bond donors (Lipinski definition) is 2. The Balaban J connectivity index is 2.29. The van der Waals surface area contributed by atoms with Crippen LogP contribution in [0.3, 0.4) is 0 Å². The first-order valence-corrected chi connectivity index (χ1v) is 9.48. The second-order valence-corrected chi connectivity index (χ2v) is 7.97. The quantitative estimate of drug-likeness (QED) is 0.814. The summed E-state index contributed by atoms with van der Waals surface area (Å²) in [6.45, 7) is 1.23. The Morgan fingerprint density at radius 1 is 1.25 bits per heavy atom. The first-order valence-electron chi connectivity index (χ1n) is 7.55. The number of nitrogens with two attached hydrogens (primary N) is 1. The fourth-order valence-corrected chi connectivity index (χ4v) is 4.20. The molecule has 0 fully saturated rings. The Bertz CT molecular complexity index is 856. The summed E-state index contributed by atoms with van der Waals surface area (Å²) in [5, 5.41) is 8.69. The molecule has 0 bridgehead atoms. The van der Waals surface area contributed by atoms with Crippen molar-refractivity contribution in [1.29, 1.82) is 0 Å². The van der Waals surface area contributed by atoms with Gasteiger partial charge in [-0.3, -0.25) is 0 Å². The molecule has 1 aliphatic rings. The fraction of sp³-hybridized carbons (Fsp3) is 0.294. The molecule has 1 aliphatic heterocycles. The molecule has 1 atom stereocenters. The van der Waals surface area contributed by atoms with Crippen molar-refractivity contribution in [1.82, 2.24) is 5.32 Å². The van der Waals surface area contributed by atoms with Crippen molar-refractivity contribution < 1.29 is 13.2 Å². The van der Waals surface area contributed by atoms with Crippen molar-refractivity contribution >= 4 is 21.6 Å². The van der Waals surface area contributed by atoms with Gasteiger partial charge in [-0.15, -0.1) is 11.6 Å². The number of ether oxygens (including phenoxy) is 1. The number of alkyl halides is 1. The zero-order valence-corrected chi connectivity index (χ0v) is 14.8. The molecule has 7 heteroatoms. The maximum Gasteiger partial charge on any atom is 0.241 e. The lowest BCUT2D eigenvalue weighted by atomic mass is 9.87. The second kappa shape index (κ2) is 6.37. The first-order chi connectivity index (χ1) is 11.4. The van der Waals surface area contributed by atoms with Gasteiger partial charge in [0.25, 0.3) is 0 Å². The Labute approximate surface area is 146 Å². The average molecular weight is 367 g/mol. The van der Waals surface area contributed by atoms with E-state index in [-0.39, 0.29) is 10.6 Å². The van der Waals surface area contributed by atoms with Gasteiger partial charge >= 0.3 is 0 Å². The Hall–Kier alpha value is -1.60. The maximum absolute atomic E-state index is 12.0. The summed E-state index contributed by atoms with van der Waals surface area (Å²) in [5.74, 6) is 0.241. The van der Waals surface area contributed by atoms with Gasteiger partial charge in [0.1, 0.15) is 15.5 Å². The van der Waals surface area contributed by atoms with Gasteiger partial charge in [-0.1, -0.05) is 30.3 Å². The van der Waals surface area contributed by atoms with E-state index in [2.05, 4.69) is 5.32 Å². The number of benzene rings is 2. The van der Waals surface area contributed by atoms with Gasteiger partial charge in [0.05, 0.1) is 7.11 Å². The summed E-state index contributed by atoms with van der Waals surface area (Å²) in [6, 6.07) is 12.9. The SMILES string of the molecule is COc1cc2c(cc1S(N)(=O)=O)C(Cl)(c1ccccc1)CNCC2. The molecule has 128 valence electrons. The third kappa shape index (κ3) is 3.02. The minimum Gasteiger partial charge on any atom is -0.495 e. The zero-order chi connectivity index (χ0) is 17.4. The van der Waals surface area contributed by atoms with Gasteiger partial charge in [-0.25, -0.2) is 13.6 Å². The van der Waals surface area contributed by atoms with Crippen LogP contribution in [0.5, 0.6) is 5.75 Å². The monoisotopic (exact) mass is 366 g/mol. The van der Waals surface area contributed by atoms with Crippen molar-refractivity contribution in [2.75, 3.05) is 20.2 Å². The summed E-state index contributed by atoms with van der Waals surface area (Å²) in [5.41, 5.74) is 2.58. The Morgan fingerprint density at radius 2 is 1.96 bits per heavy atom. The van der Waals surface area contributed by atoms with Crippen LogP contribution in [-0.4, -0.2) is 28.6 Å². The molecule has 3 rings (SSSR count). The van der Waals surface area contributed by atoms with Gasteiger partial charge in [-0.05, 0) is 41.8 Å².